The molecule has 3 rings (SSSR count). The summed E-state index contributed by atoms with van der Waals surface area (Å²) in [6.45, 7) is 1.51. The van der Waals surface area contributed by atoms with E-state index in [-0.39, 0.29) is 29.4 Å². The van der Waals surface area contributed by atoms with Crippen molar-refractivity contribution in [1.82, 2.24) is 4.90 Å². The van der Waals surface area contributed by atoms with E-state index < -0.39 is 33.8 Å². The van der Waals surface area contributed by atoms with Gasteiger partial charge in [0.1, 0.15) is 11.4 Å². The highest BCUT2D eigenvalue weighted by Crippen LogP contribution is 2.19. The highest BCUT2D eigenvalue weighted by Gasteiger charge is 2.32. The van der Waals surface area contributed by atoms with Crippen molar-refractivity contribution >= 4 is 33.4 Å². The number of amides is 1. The third-order valence-electron chi connectivity index (χ3n) is 3.82. The molecule has 142 valence electrons. The first-order valence-electron chi connectivity index (χ1n) is 8.01. The molecular weight excluding hydrogens is 377 g/mol. The van der Waals surface area contributed by atoms with Crippen molar-refractivity contribution in [2.75, 3.05) is 17.6 Å². The van der Waals surface area contributed by atoms with Gasteiger partial charge in [-0.2, -0.15) is 0 Å². The molecule has 1 aromatic rings. The molecule has 27 heavy (non-hydrogen) atoms. The third-order valence-corrected chi connectivity index (χ3v) is 4.97. The van der Waals surface area contributed by atoms with Crippen LogP contribution >= 0.6 is 0 Å². The van der Waals surface area contributed by atoms with Crippen LogP contribution in [-0.2, 0) is 24.3 Å². The second kappa shape index (κ2) is 7.31. The number of hydrogen-bond donors (Lipinski definition) is 1. The topological polar surface area (TPSA) is 105 Å². The van der Waals surface area contributed by atoms with Gasteiger partial charge in [-0.25, -0.2) is 17.6 Å². The van der Waals surface area contributed by atoms with Crippen LogP contribution in [0.3, 0.4) is 0 Å². The van der Waals surface area contributed by atoms with Gasteiger partial charge in [-0.05, 0) is 37.3 Å². The van der Waals surface area contributed by atoms with Crippen molar-refractivity contribution in [2.45, 2.75) is 13.0 Å². The summed E-state index contributed by atoms with van der Waals surface area (Å²) in [6.07, 6.45) is 3.34. The third kappa shape index (κ3) is 4.40. The Morgan fingerprint density at radius 3 is 2.89 bits per heavy atom. The van der Waals surface area contributed by atoms with Crippen LogP contribution < -0.4 is 5.32 Å². The number of anilines is 1. The molecule has 1 amide bonds. The van der Waals surface area contributed by atoms with Gasteiger partial charge in [-0.15, -0.1) is 4.40 Å². The molecule has 0 saturated carbocycles. The number of halogens is 1. The van der Waals surface area contributed by atoms with Crippen molar-refractivity contribution in [1.29, 1.82) is 0 Å². The zero-order chi connectivity index (χ0) is 19.6. The maximum atomic E-state index is 13.2. The van der Waals surface area contributed by atoms with E-state index in [9.17, 15) is 22.4 Å². The Morgan fingerprint density at radius 1 is 1.37 bits per heavy atom. The fraction of sp³-hybridized carbons (Fsp3) is 0.235. The molecule has 0 aliphatic carbocycles. The zero-order valence-corrected chi connectivity index (χ0v) is 15.1. The number of amidine groups is 1. The van der Waals surface area contributed by atoms with Gasteiger partial charge in [0.15, 0.2) is 11.9 Å². The van der Waals surface area contributed by atoms with E-state index in [1.54, 1.807) is 12.3 Å². The Hall–Kier alpha value is -3.01. The minimum Gasteiger partial charge on any atom is -0.449 e. The first-order chi connectivity index (χ1) is 12.7. The standard InChI is InChI=1S/C17H16FN3O5S/c1-11(16(22)19-13-5-2-4-12(18)10-13)26-17(23)14-6-3-7-21-8-9-27(24,25)20-15(14)21/h2-7,10-11H,8-9H2,1H3,(H,19,22)/t11-/m1/s1. The molecular formula is C17H16FN3O5S. The highest BCUT2D eigenvalue weighted by atomic mass is 32.2. The smallest absolute Gasteiger partial charge is 0.342 e. The quantitative estimate of drug-likeness (QED) is 0.771. The summed E-state index contributed by atoms with van der Waals surface area (Å²) >= 11 is 0. The maximum Gasteiger partial charge on any atom is 0.342 e. The highest BCUT2D eigenvalue weighted by molar-refractivity contribution is 7.90. The van der Waals surface area contributed by atoms with Gasteiger partial charge >= 0.3 is 5.97 Å². The van der Waals surface area contributed by atoms with Gasteiger partial charge in [0, 0.05) is 18.4 Å². The van der Waals surface area contributed by atoms with Crippen LogP contribution in [0.5, 0.6) is 0 Å². The van der Waals surface area contributed by atoms with E-state index in [1.807, 2.05) is 0 Å². The van der Waals surface area contributed by atoms with Crippen molar-refractivity contribution < 1.29 is 27.1 Å². The summed E-state index contributed by atoms with van der Waals surface area (Å²) in [6, 6.07) is 5.27. The summed E-state index contributed by atoms with van der Waals surface area (Å²) in [5.74, 6) is -2.26. The zero-order valence-electron chi connectivity index (χ0n) is 14.3. The molecule has 2 aliphatic rings. The average Bonchev–Trinajstić information content (AvgIpc) is 2.60. The number of esters is 1. The first-order valence-corrected chi connectivity index (χ1v) is 9.62. The second-order valence-corrected chi connectivity index (χ2v) is 7.62. The Kier molecular flexibility index (Phi) is 5.08. The lowest BCUT2D eigenvalue weighted by atomic mass is 10.1. The van der Waals surface area contributed by atoms with Crippen LogP contribution in [0.15, 0.2) is 52.6 Å². The van der Waals surface area contributed by atoms with E-state index >= 15 is 0 Å². The number of fused-ring (bicyclic) bond motifs is 1. The lowest BCUT2D eigenvalue weighted by Gasteiger charge is -2.28. The number of ether oxygens (including phenoxy) is 1. The molecule has 2 heterocycles. The predicted octanol–water partition coefficient (Wildman–Crippen LogP) is 1.19. The number of sulfonamides is 1. The molecule has 0 bridgehead atoms. The SMILES string of the molecule is C[C@@H](OC(=O)C1=CC=CN2CCS(=O)(=O)N=C12)C(=O)Nc1cccc(F)c1. The van der Waals surface area contributed by atoms with Crippen LogP contribution in [0.1, 0.15) is 6.92 Å². The van der Waals surface area contributed by atoms with E-state index in [1.165, 1.54) is 36.1 Å². The van der Waals surface area contributed by atoms with Crippen LogP contribution in [0, 0.1) is 5.82 Å². The molecule has 1 aromatic carbocycles. The van der Waals surface area contributed by atoms with Gasteiger partial charge < -0.3 is 15.0 Å². The molecule has 2 aliphatic heterocycles. The van der Waals surface area contributed by atoms with Crippen LogP contribution in [0.2, 0.25) is 0 Å². The Labute approximate surface area is 155 Å². The van der Waals surface area contributed by atoms with Gasteiger partial charge in [-0.1, -0.05) is 6.07 Å². The monoisotopic (exact) mass is 393 g/mol. The molecule has 1 N–H and O–H groups in total. The number of nitrogens with one attached hydrogen (secondary N) is 1. The van der Waals surface area contributed by atoms with Gasteiger partial charge in [0.25, 0.3) is 15.9 Å². The summed E-state index contributed by atoms with van der Waals surface area (Å²) in [4.78, 5) is 26.1. The summed E-state index contributed by atoms with van der Waals surface area (Å²) in [5, 5.41) is 2.43. The van der Waals surface area contributed by atoms with Gasteiger partial charge in [-0.3, -0.25) is 4.79 Å². The van der Waals surface area contributed by atoms with Crippen molar-refractivity contribution in [3.05, 3.63) is 54.0 Å². The number of benzene rings is 1. The largest absolute Gasteiger partial charge is 0.449 e. The van der Waals surface area contributed by atoms with Gasteiger partial charge in [0.05, 0.1) is 5.75 Å². The summed E-state index contributed by atoms with van der Waals surface area (Å²) in [7, 11) is -3.66. The van der Waals surface area contributed by atoms with E-state index in [2.05, 4.69) is 9.71 Å². The van der Waals surface area contributed by atoms with Crippen LogP contribution in [0.4, 0.5) is 10.1 Å². The number of carbonyl (C=O) groups excluding carboxylic acids is 2. The lowest BCUT2D eigenvalue weighted by Crippen LogP contribution is -2.41. The Balaban J connectivity index is 1.70. The fourth-order valence-electron chi connectivity index (χ4n) is 2.46. The van der Waals surface area contributed by atoms with Crippen molar-refractivity contribution in [3.63, 3.8) is 0 Å². The minimum atomic E-state index is -3.66. The van der Waals surface area contributed by atoms with Crippen molar-refractivity contribution in [3.8, 4) is 0 Å². The average molecular weight is 393 g/mol. The molecule has 0 radical (unpaired) electrons. The molecule has 0 aromatic heterocycles. The summed E-state index contributed by atoms with van der Waals surface area (Å²) < 4.78 is 45.4. The molecule has 0 saturated heterocycles. The normalized spacial score (nSPS) is 18.7. The fourth-order valence-corrected chi connectivity index (χ4v) is 3.45. The number of carbonyl (C=O) groups is 2. The number of nitrogens with zero attached hydrogens (tertiary/aromatic N) is 2. The first kappa shape index (κ1) is 18.8. The molecule has 0 fully saturated rings. The Morgan fingerprint density at radius 2 is 2.15 bits per heavy atom. The van der Waals surface area contributed by atoms with E-state index in [0.717, 1.165) is 6.07 Å². The molecule has 8 nitrogen and oxygen atoms in total. The second-order valence-electron chi connectivity index (χ2n) is 5.86. The summed E-state index contributed by atoms with van der Waals surface area (Å²) in [5.41, 5.74) is 0.155. The van der Waals surface area contributed by atoms with E-state index in [4.69, 9.17) is 4.74 Å². The molecule has 10 heteroatoms. The van der Waals surface area contributed by atoms with E-state index in [0.29, 0.717) is 0 Å². The predicted molar refractivity (Wildman–Crippen MR) is 95.7 cm³/mol. The van der Waals surface area contributed by atoms with Crippen molar-refractivity contribution in [2.24, 2.45) is 4.40 Å². The number of hydrogen-bond acceptors (Lipinski definition) is 6. The lowest BCUT2D eigenvalue weighted by molar-refractivity contribution is -0.148. The van der Waals surface area contributed by atoms with Crippen LogP contribution in [0.25, 0.3) is 0 Å². The maximum absolute atomic E-state index is 13.2. The number of rotatable bonds is 4. The molecule has 0 unspecified atom stereocenters. The minimum absolute atomic E-state index is 0.0357. The number of allylic oxidation sites excluding steroid dienone is 2. The Bertz CT molecular complexity index is 984. The molecule has 1 atom stereocenters. The van der Waals surface area contributed by atoms with Crippen LogP contribution in [-0.4, -0.2) is 49.4 Å². The molecule has 0 spiro atoms. The van der Waals surface area contributed by atoms with Gasteiger partial charge in [0.2, 0.25) is 0 Å².